The van der Waals surface area contributed by atoms with Gasteiger partial charge in [-0.25, -0.2) is 0 Å². The highest BCUT2D eigenvalue weighted by molar-refractivity contribution is 6.15. The Kier molecular flexibility index (Phi) is 2.80. The molecule has 4 rings (SSSR count). The molecule has 1 atom stereocenters. The summed E-state index contributed by atoms with van der Waals surface area (Å²) in [4.78, 5) is 12.5. The van der Waals surface area contributed by atoms with Crippen molar-refractivity contribution in [1.29, 1.82) is 0 Å². The van der Waals surface area contributed by atoms with Crippen LogP contribution in [0.2, 0.25) is 0 Å². The number of aliphatic hydroxyl groups excluding tert-OH is 1. The van der Waals surface area contributed by atoms with Gasteiger partial charge in [-0.3, -0.25) is 4.79 Å². The normalized spacial score (nSPS) is 19.8. The number of carbonyl (C=O) groups is 1. The second kappa shape index (κ2) is 4.70. The van der Waals surface area contributed by atoms with Crippen molar-refractivity contribution in [3.63, 3.8) is 0 Å². The third-order valence-corrected chi connectivity index (χ3v) is 4.66. The molecule has 0 aliphatic heterocycles. The Hall–Kier alpha value is -2.61. The molecule has 0 heterocycles. The minimum absolute atomic E-state index is 0.0503. The van der Waals surface area contributed by atoms with E-state index in [9.17, 15) is 9.90 Å². The van der Waals surface area contributed by atoms with Gasteiger partial charge in [-0.15, -0.1) is 0 Å². The van der Waals surface area contributed by atoms with Crippen LogP contribution in [0.3, 0.4) is 0 Å². The Labute approximate surface area is 128 Å². The second-order valence-electron chi connectivity index (χ2n) is 6.04. The van der Waals surface area contributed by atoms with Crippen LogP contribution in [0.5, 0.6) is 0 Å². The zero-order valence-electron chi connectivity index (χ0n) is 12.3. The molecule has 0 spiro atoms. The quantitative estimate of drug-likeness (QED) is 0.354. The summed E-state index contributed by atoms with van der Waals surface area (Å²) in [6, 6.07) is 16.6. The number of aliphatic hydroxyl groups is 1. The fraction of sp³-hybridized carbons (Fsp3) is 0.150. The standard InChI is InChI=1S/C20H16O2/c1-12-8-15(11-21)20(22)19-9-14-7-6-13-4-2-3-5-16(13)18(14)10-17(12)19/h2-7,9-12,21H,8H2,1H3/b15-11-/t12-/m0/s1. The van der Waals surface area contributed by atoms with Crippen LogP contribution in [-0.2, 0) is 0 Å². The molecule has 0 saturated carbocycles. The lowest BCUT2D eigenvalue weighted by Gasteiger charge is -2.24. The van der Waals surface area contributed by atoms with Crippen LogP contribution in [-0.4, -0.2) is 10.9 Å². The molecule has 108 valence electrons. The van der Waals surface area contributed by atoms with Crippen LogP contribution < -0.4 is 0 Å². The van der Waals surface area contributed by atoms with E-state index in [0.29, 0.717) is 12.0 Å². The van der Waals surface area contributed by atoms with Gasteiger partial charge in [-0.1, -0.05) is 43.3 Å². The van der Waals surface area contributed by atoms with Crippen LogP contribution in [0.1, 0.15) is 35.2 Å². The molecular formula is C20H16O2. The average molecular weight is 288 g/mol. The summed E-state index contributed by atoms with van der Waals surface area (Å²) in [5, 5.41) is 14.0. The highest BCUT2D eigenvalue weighted by Crippen LogP contribution is 2.38. The molecule has 22 heavy (non-hydrogen) atoms. The van der Waals surface area contributed by atoms with Gasteiger partial charge >= 0.3 is 0 Å². The molecule has 0 fully saturated rings. The zero-order valence-corrected chi connectivity index (χ0v) is 12.3. The van der Waals surface area contributed by atoms with Gasteiger partial charge in [0, 0.05) is 11.1 Å². The van der Waals surface area contributed by atoms with Crippen molar-refractivity contribution in [3.05, 3.63) is 71.5 Å². The van der Waals surface area contributed by atoms with Gasteiger partial charge in [-0.2, -0.15) is 0 Å². The Bertz CT molecular complexity index is 950. The molecule has 3 aromatic carbocycles. The largest absolute Gasteiger partial charge is 0.515 e. The van der Waals surface area contributed by atoms with E-state index in [1.54, 1.807) is 0 Å². The molecule has 1 aliphatic carbocycles. The van der Waals surface area contributed by atoms with Crippen LogP contribution >= 0.6 is 0 Å². The van der Waals surface area contributed by atoms with E-state index in [1.807, 2.05) is 18.2 Å². The first-order valence-corrected chi connectivity index (χ1v) is 7.52. The molecule has 1 aliphatic rings. The summed E-state index contributed by atoms with van der Waals surface area (Å²) in [5.74, 6) is 0.181. The summed E-state index contributed by atoms with van der Waals surface area (Å²) in [6.07, 6.45) is 1.56. The van der Waals surface area contributed by atoms with Crippen LogP contribution in [0.15, 0.2) is 60.4 Å². The lowest BCUT2D eigenvalue weighted by Crippen LogP contribution is -2.17. The maximum Gasteiger partial charge on any atom is 0.192 e. The third kappa shape index (κ3) is 1.77. The summed E-state index contributed by atoms with van der Waals surface area (Å²) < 4.78 is 0. The predicted molar refractivity (Wildman–Crippen MR) is 89.5 cm³/mol. The molecule has 2 nitrogen and oxygen atoms in total. The number of ketones is 1. The van der Waals surface area contributed by atoms with Gasteiger partial charge in [0.2, 0.25) is 0 Å². The van der Waals surface area contributed by atoms with Gasteiger partial charge in [0.25, 0.3) is 0 Å². The molecule has 0 aromatic heterocycles. The van der Waals surface area contributed by atoms with Crippen LogP contribution in [0, 0.1) is 0 Å². The van der Waals surface area contributed by atoms with E-state index in [4.69, 9.17) is 0 Å². The third-order valence-electron chi connectivity index (χ3n) is 4.66. The minimum Gasteiger partial charge on any atom is -0.515 e. The number of allylic oxidation sites excluding steroid dienone is 1. The maximum atomic E-state index is 12.5. The zero-order chi connectivity index (χ0) is 15.3. The van der Waals surface area contributed by atoms with E-state index in [1.165, 1.54) is 16.2 Å². The van der Waals surface area contributed by atoms with E-state index >= 15 is 0 Å². The summed E-state index contributed by atoms with van der Waals surface area (Å²) in [5.41, 5.74) is 2.31. The van der Waals surface area contributed by atoms with Crippen LogP contribution in [0.4, 0.5) is 0 Å². The van der Waals surface area contributed by atoms with Gasteiger partial charge in [0.1, 0.15) is 0 Å². The molecular weight excluding hydrogens is 272 g/mol. The minimum atomic E-state index is -0.0503. The Morgan fingerprint density at radius 3 is 2.64 bits per heavy atom. The van der Waals surface area contributed by atoms with E-state index in [2.05, 4.69) is 37.3 Å². The van der Waals surface area contributed by atoms with E-state index in [0.717, 1.165) is 22.8 Å². The SMILES string of the molecule is C[C@H]1C/C(=C/O)C(=O)c2cc3ccc4ccccc4c3cc21. The molecule has 2 heteroatoms. The highest BCUT2D eigenvalue weighted by atomic mass is 16.2. The number of Topliss-reactive ketones (excluding diaryl/α,β-unsaturated/α-hetero) is 1. The van der Waals surface area contributed by atoms with Gasteiger partial charge in [0.05, 0.1) is 6.26 Å². The second-order valence-corrected chi connectivity index (χ2v) is 6.04. The van der Waals surface area contributed by atoms with Crippen molar-refractivity contribution in [1.82, 2.24) is 0 Å². The number of carbonyl (C=O) groups excluding carboxylic acids is 1. The number of hydrogen-bond donors (Lipinski definition) is 1. The first-order valence-electron chi connectivity index (χ1n) is 7.52. The van der Waals surface area contributed by atoms with Crippen molar-refractivity contribution in [2.45, 2.75) is 19.3 Å². The smallest absolute Gasteiger partial charge is 0.192 e. The maximum absolute atomic E-state index is 12.5. The highest BCUT2D eigenvalue weighted by Gasteiger charge is 2.27. The molecule has 3 aromatic rings. The first-order chi connectivity index (χ1) is 10.7. The molecule has 0 amide bonds. The fourth-order valence-electron chi connectivity index (χ4n) is 3.49. The number of benzene rings is 3. The number of rotatable bonds is 0. The first kappa shape index (κ1) is 13.1. The average Bonchev–Trinajstić information content (AvgIpc) is 2.56. The number of fused-ring (bicyclic) bond motifs is 4. The van der Waals surface area contributed by atoms with Crippen LogP contribution in [0.25, 0.3) is 21.5 Å². The molecule has 0 saturated heterocycles. The fourth-order valence-corrected chi connectivity index (χ4v) is 3.49. The lowest BCUT2D eigenvalue weighted by molar-refractivity contribution is 0.102. The van der Waals surface area contributed by atoms with Gasteiger partial charge in [-0.05, 0) is 51.6 Å². The topological polar surface area (TPSA) is 37.3 Å². The van der Waals surface area contributed by atoms with Crippen molar-refractivity contribution in [2.24, 2.45) is 0 Å². The Morgan fingerprint density at radius 2 is 1.82 bits per heavy atom. The summed E-state index contributed by atoms with van der Waals surface area (Å²) in [7, 11) is 0. The van der Waals surface area contributed by atoms with Crippen molar-refractivity contribution >= 4 is 27.3 Å². The van der Waals surface area contributed by atoms with Crippen molar-refractivity contribution in [2.75, 3.05) is 0 Å². The summed E-state index contributed by atoms with van der Waals surface area (Å²) in [6.45, 7) is 2.10. The van der Waals surface area contributed by atoms with Gasteiger partial charge in [0.15, 0.2) is 5.78 Å². The monoisotopic (exact) mass is 288 g/mol. The van der Waals surface area contributed by atoms with Crippen molar-refractivity contribution in [3.8, 4) is 0 Å². The Balaban J connectivity index is 2.08. The van der Waals surface area contributed by atoms with Gasteiger partial charge < -0.3 is 5.11 Å². The molecule has 0 radical (unpaired) electrons. The summed E-state index contributed by atoms with van der Waals surface area (Å²) >= 11 is 0. The van der Waals surface area contributed by atoms with E-state index < -0.39 is 0 Å². The lowest BCUT2D eigenvalue weighted by atomic mass is 9.79. The van der Waals surface area contributed by atoms with Crippen molar-refractivity contribution < 1.29 is 9.90 Å². The molecule has 1 N–H and O–H groups in total. The van der Waals surface area contributed by atoms with E-state index in [-0.39, 0.29) is 11.7 Å². The molecule has 0 bridgehead atoms. The molecule has 0 unspecified atom stereocenters. The number of hydrogen-bond acceptors (Lipinski definition) is 2. The predicted octanol–water partition coefficient (Wildman–Crippen LogP) is 5.12. The Morgan fingerprint density at radius 1 is 1.05 bits per heavy atom.